The van der Waals surface area contributed by atoms with Crippen LogP contribution in [0.3, 0.4) is 0 Å². The Morgan fingerprint density at radius 2 is 2.05 bits per heavy atom. The summed E-state index contributed by atoms with van der Waals surface area (Å²) >= 11 is 0. The van der Waals surface area contributed by atoms with Crippen molar-refractivity contribution in [3.63, 3.8) is 0 Å². The molecule has 1 saturated carbocycles. The number of hydrogen-bond acceptors (Lipinski definition) is 2. The standard InChI is InChI=1S/C15H22N4/c1-2-15-16-9-11-18(15)12-13-8-10-19(17-13)14-6-4-3-5-7-14/h8-11,14H,2-7,12H2,1H3. The average molecular weight is 258 g/mol. The van der Waals surface area contributed by atoms with Gasteiger partial charge < -0.3 is 4.57 Å². The van der Waals surface area contributed by atoms with Gasteiger partial charge in [0, 0.05) is 25.0 Å². The summed E-state index contributed by atoms with van der Waals surface area (Å²) < 4.78 is 4.37. The molecule has 0 amide bonds. The van der Waals surface area contributed by atoms with Gasteiger partial charge in [-0.3, -0.25) is 4.68 Å². The van der Waals surface area contributed by atoms with Gasteiger partial charge in [-0.25, -0.2) is 4.98 Å². The molecule has 0 atom stereocenters. The first-order valence-corrected chi connectivity index (χ1v) is 7.41. The van der Waals surface area contributed by atoms with Crippen molar-refractivity contribution in [2.45, 2.75) is 58.0 Å². The molecule has 1 aliphatic rings. The molecule has 0 N–H and O–H groups in total. The monoisotopic (exact) mass is 258 g/mol. The minimum Gasteiger partial charge on any atom is -0.329 e. The highest BCUT2D eigenvalue weighted by atomic mass is 15.3. The Kier molecular flexibility index (Phi) is 3.67. The van der Waals surface area contributed by atoms with E-state index in [0.717, 1.165) is 24.5 Å². The van der Waals surface area contributed by atoms with Gasteiger partial charge in [-0.05, 0) is 18.9 Å². The predicted molar refractivity (Wildman–Crippen MR) is 75.1 cm³/mol. The molecule has 0 aliphatic heterocycles. The van der Waals surface area contributed by atoms with E-state index in [-0.39, 0.29) is 0 Å². The van der Waals surface area contributed by atoms with E-state index in [4.69, 9.17) is 5.10 Å². The molecule has 102 valence electrons. The van der Waals surface area contributed by atoms with E-state index < -0.39 is 0 Å². The van der Waals surface area contributed by atoms with Gasteiger partial charge in [-0.1, -0.05) is 26.2 Å². The van der Waals surface area contributed by atoms with Crippen LogP contribution >= 0.6 is 0 Å². The predicted octanol–water partition coefficient (Wildman–Crippen LogP) is 3.20. The molecule has 0 saturated heterocycles. The van der Waals surface area contributed by atoms with Crippen LogP contribution in [-0.4, -0.2) is 19.3 Å². The van der Waals surface area contributed by atoms with E-state index in [1.54, 1.807) is 0 Å². The molecule has 3 rings (SSSR count). The van der Waals surface area contributed by atoms with Gasteiger partial charge in [0.15, 0.2) is 0 Å². The van der Waals surface area contributed by atoms with Crippen molar-refractivity contribution < 1.29 is 0 Å². The van der Waals surface area contributed by atoms with Crippen molar-refractivity contribution in [1.82, 2.24) is 19.3 Å². The Hall–Kier alpha value is -1.58. The largest absolute Gasteiger partial charge is 0.329 e. The number of nitrogens with zero attached hydrogens (tertiary/aromatic N) is 4. The fourth-order valence-electron chi connectivity index (χ4n) is 2.98. The molecule has 0 spiro atoms. The Morgan fingerprint density at radius 3 is 2.84 bits per heavy atom. The number of imidazole rings is 1. The van der Waals surface area contributed by atoms with Crippen LogP contribution in [0.15, 0.2) is 24.7 Å². The lowest BCUT2D eigenvalue weighted by atomic mass is 9.96. The highest BCUT2D eigenvalue weighted by Crippen LogP contribution is 2.27. The van der Waals surface area contributed by atoms with Crippen molar-refractivity contribution in [2.24, 2.45) is 0 Å². The van der Waals surface area contributed by atoms with Crippen molar-refractivity contribution in [3.8, 4) is 0 Å². The number of aryl methyl sites for hydroxylation is 1. The Morgan fingerprint density at radius 1 is 1.21 bits per heavy atom. The van der Waals surface area contributed by atoms with Gasteiger partial charge in [-0.15, -0.1) is 0 Å². The second-order valence-electron chi connectivity index (χ2n) is 5.40. The van der Waals surface area contributed by atoms with E-state index in [9.17, 15) is 0 Å². The first kappa shape index (κ1) is 12.5. The topological polar surface area (TPSA) is 35.6 Å². The summed E-state index contributed by atoms with van der Waals surface area (Å²) in [5.41, 5.74) is 1.14. The van der Waals surface area contributed by atoms with E-state index >= 15 is 0 Å². The maximum Gasteiger partial charge on any atom is 0.108 e. The van der Waals surface area contributed by atoms with Crippen LogP contribution in [0.4, 0.5) is 0 Å². The van der Waals surface area contributed by atoms with E-state index in [0.29, 0.717) is 6.04 Å². The summed E-state index contributed by atoms with van der Waals surface area (Å²) in [6, 6.07) is 2.77. The molecule has 2 heterocycles. The molecule has 0 bridgehead atoms. The summed E-state index contributed by atoms with van der Waals surface area (Å²) in [5, 5.41) is 4.75. The lowest BCUT2D eigenvalue weighted by Crippen LogP contribution is -2.14. The first-order valence-electron chi connectivity index (χ1n) is 7.41. The zero-order valence-electron chi connectivity index (χ0n) is 11.6. The zero-order valence-corrected chi connectivity index (χ0v) is 11.6. The first-order chi connectivity index (χ1) is 9.36. The highest BCUT2D eigenvalue weighted by Gasteiger charge is 2.16. The van der Waals surface area contributed by atoms with Crippen LogP contribution in [0.5, 0.6) is 0 Å². The molecule has 1 fully saturated rings. The van der Waals surface area contributed by atoms with Crippen molar-refractivity contribution in [1.29, 1.82) is 0 Å². The number of rotatable bonds is 4. The van der Waals surface area contributed by atoms with Gasteiger partial charge in [-0.2, -0.15) is 5.10 Å². The highest BCUT2D eigenvalue weighted by molar-refractivity contribution is 5.04. The van der Waals surface area contributed by atoms with Crippen molar-refractivity contribution >= 4 is 0 Å². The van der Waals surface area contributed by atoms with E-state index in [1.807, 2.05) is 12.4 Å². The molecular weight excluding hydrogens is 236 g/mol. The van der Waals surface area contributed by atoms with Crippen LogP contribution in [0.25, 0.3) is 0 Å². The molecule has 0 radical (unpaired) electrons. The second-order valence-corrected chi connectivity index (χ2v) is 5.40. The van der Waals surface area contributed by atoms with Crippen LogP contribution in [0.1, 0.15) is 56.6 Å². The summed E-state index contributed by atoms with van der Waals surface area (Å²) in [6.07, 6.45) is 13.7. The fraction of sp³-hybridized carbons (Fsp3) is 0.600. The molecule has 1 aliphatic carbocycles. The number of hydrogen-bond donors (Lipinski definition) is 0. The minimum absolute atomic E-state index is 0.621. The molecule has 0 unspecified atom stereocenters. The van der Waals surface area contributed by atoms with Gasteiger partial charge in [0.25, 0.3) is 0 Å². The van der Waals surface area contributed by atoms with Gasteiger partial charge in [0.2, 0.25) is 0 Å². The third kappa shape index (κ3) is 2.72. The minimum atomic E-state index is 0.621. The maximum atomic E-state index is 4.75. The quantitative estimate of drug-likeness (QED) is 0.844. The van der Waals surface area contributed by atoms with E-state index in [1.165, 1.54) is 32.1 Å². The van der Waals surface area contributed by atoms with Gasteiger partial charge >= 0.3 is 0 Å². The SMILES string of the molecule is CCc1nccn1Cc1ccn(C2CCCCC2)n1. The molecule has 4 heteroatoms. The number of aromatic nitrogens is 4. The molecule has 0 aromatic carbocycles. The summed E-state index contributed by atoms with van der Waals surface area (Å²) in [4.78, 5) is 4.36. The Balaban J connectivity index is 1.70. The summed E-state index contributed by atoms with van der Waals surface area (Å²) in [6.45, 7) is 2.97. The third-order valence-corrected chi connectivity index (χ3v) is 4.06. The normalized spacial score (nSPS) is 16.9. The van der Waals surface area contributed by atoms with Crippen molar-refractivity contribution in [3.05, 3.63) is 36.2 Å². The van der Waals surface area contributed by atoms with Gasteiger partial charge in [0.1, 0.15) is 5.82 Å². The molecule has 2 aromatic rings. The van der Waals surface area contributed by atoms with Gasteiger partial charge in [0.05, 0.1) is 18.3 Å². The Bertz CT molecular complexity index is 520. The third-order valence-electron chi connectivity index (χ3n) is 4.06. The second kappa shape index (κ2) is 5.59. The molecular formula is C15H22N4. The fourth-order valence-corrected chi connectivity index (χ4v) is 2.98. The average Bonchev–Trinajstić information content (AvgIpc) is 3.09. The molecule has 19 heavy (non-hydrogen) atoms. The Labute approximate surface area is 114 Å². The molecule has 4 nitrogen and oxygen atoms in total. The van der Waals surface area contributed by atoms with Crippen LogP contribution in [0, 0.1) is 0 Å². The van der Waals surface area contributed by atoms with E-state index in [2.05, 4.69) is 33.4 Å². The smallest absolute Gasteiger partial charge is 0.108 e. The lowest BCUT2D eigenvalue weighted by Gasteiger charge is -2.21. The maximum absolute atomic E-state index is 4.75. The molecule has 2 aromatic heterocycles. The summed E-state index contributed by atoms with van der Waals surface area (Å²) in [7, 11) is 0. The van der Waals surface area contributed by atoms with Crippen molar-refractivity contribution in [2.75, 3.05) is 0 Å². The van der Waals surface area contributed by atoms with Crippen LogP contribution < -0.4 is 0 Å². The lowest BCUT2D eigenvalue weighted by molar-refractivity contribution is 0.328. The zero-order chi connectivity index (χ0) is 13.1. The van der Waals surface area contributed by atoms with Crippen LogP contribution in [0.2, 0.25) is 0 Å². The summed E-state index contributed by atoms with van der Waals surface area (Å²) in [5.74, 6) is 1.13. The van der Waals surface area contributed by atoms with Crippen LogP contribution in [-0.2, 0) is 13.0 Å².